The van der Waals surface area contributed by atoms with E-state index in [1.165, 1.54) is 18.7 Å². The summed E-state index contributed by atoms with van der Waals surface area (Å²) >= 11 is 2.01. The predicted molar refractivity (Wildman–Crippen MR) is 41.8 cm³/mol. The third-order valence-corrected chi connectivity index (χ3v) is 2.31. The molecule has 1 heterocycles. The summed E-state index contributed by atoms with van der Waals surface area (Å²) in [6.45, 7) is 3.43. The zero-order chi connectivity index (χ0) is 5.11. The van der Waals surface area contributed by atoms with Crippen LogP contribution in [0.1, 0.15) is 13.3 Å². The summed E-state index contributed by atoms with van der Waals surface area (Å²) in [6.07, 6.45) is 1.34. The molecule has 1 atom stereocenters. The second kappa shape index (κ2) is 4.48. The third kappa shape index (κ3) is 2.80. The Balaban J connectivity index is 0.000000490. The standard InChI is InChI=1S/C5H11NS.ClH/c1-5-6-3-2-4-7-5;/h5-6H,2-4H2,1H3;1H. The quantitative estimate of drug-likeness (QED) is 0.566. The largest absolute Gasteiger partial charge is 0.306 e. The van der Waals surface area contributed by atoms with Crippen molar-refractivity contribution >= 4 is 24.2 Å². The summed E-state index contributed by atoms with van der Waals surface area (Å²) in [5.74, 6) is 1.34. The molecule has 1 rings (SSSR count). The maximum atomic E-state index is 3.34. The zero-order valence-electron chi connectivity index (χ0n) is 5.02. The molecule has 0 aromatic heterocycles. The second-order valence-corrected chi connectivity index (χ2v) is 3.27. The van der Waals surface area contributed by atoms with Crippen LogP contribution in [0.25, 0.3) is 0 Å². The lowest BCUT2D eigenvalue weighted by molar-refractivity contribution is 0.652. The van der Waals surface area contributed by atoms with Crippen LogP contribution in [0.15, 0.2) is 0 Å². The molecule has 1 aliphatic heterocycles. The summed E-state index contributed by atoms with van der Waals surface area (Å²) in [6, 6.07) is 0. The molecule has 1 nitrogen and oxygen atoms in total. The molecule has 0 bridgehead atoms. The summed E-state index contributed by atoms with van der Waals surface area (Å²) in [5, 5.41) is 4.05. The van der Waals surface area contributed by atoms with E-state index < -0.39 is 0 Å². The molecule has 0 aliphatic carbocycles. The van der Waals surface area contributed by atoms with E-state index >= 15 is 0 Å². The zero-order valence-corrected chi connectivity index (χ0v) is 6.65. The van der Waals surface area contributed by atoms with E-state index in [1.54, 1.807) is 0 Å². The van der Waals surface area contributed by atoms with Crippen LogP contribution in [0.3, 0.4) is 0 Å². The smallest absolute Gasteiger partial charge is 0.0503 e. The van der Waals surface area contributed by atoms with Crippen molar-refractivity contribution in [2.45, 2.75) is 18.7 Å². The van der Waals surface area contributed by atoms with Crippen molar-refractivity contribution in [1.29, 1.82) is 0 Å². The predicted octanol–water partition coefficient (Wildman–Crippen LogP) is 1.48. The van der Waals surface area contributed by atoms with Crippen molar-refractivity contribution in [2.24, 2.45) is 0 Å². The van der Waals surface area contributed by atoms with Crippen LogP contribution < -0.4 is 5.32 Å². The monoisotopic (exact) mass is 153 g/mol. The van der Waals surface area contributed by atoms with Gasteiger partial charge in [-0.2, -0.15) is 0 Å². The Labute approximate surface area is 61.0 Å². The number of hydrogen-bond acceptors (Lipinski definition) is 2. The van der Waals surface area contributed by atoms with E-state index in [-0.39, 0.29) is 12.4 Å². The number of halogens is 1. The summed E-state index contributed by atoms with van der Waals surface area (Å²) in [4.78, 5) is 0. The summed E-state index contributed by atoms with van der Waals surface area (Å²) < 4.78 is 0. The lowest BCUT2D eigenvalue weighted by Gasteiger charge is -2.17. The molecule has 0 radical (unpaired) electrons. The highest BCUT2D eigenvalue weighted by molar-refractivity contribution is 7.99. The fraction of sp³-hybridized carbons (Fsp3) is 1.00. The highest BCUT2D eigenvalue weighted by Gasteiger charge is 2.04. The van der Waals surface area contributed by atoms with Crippen LogP contribution in [-0.4, -0.2) is 17.7 Å². The van der Waals surface area contributed by atoms with Crippen molar-refractivity contribution < 1.29 is 0 Å². The Morgan fingerprint density at radius 1 is 1.62 bits per heavy atom. The minimum absolute atomic E-state index is 0. The van der Waals surface area contributed by atoms with Crippen LogP contribution in [-0.2, 0) is 0 Å². The molecule has 1 fully saturated rings. The Morgan fingerprint density at radius 2 is 2.38 bits per heavy atom. The molecule has 1 N–H and O–H groups in total. The van der Waals surface area contributed by atoms with Gasteiger partial charge in [0.05, 0.1) is 5.37 Å². The maximum absolute atomic E-state index is 3.34. The van der Waals surface area contributed by atoms with Gasteiger partial charge >= 0.3 is 0 Å². The van der Waals surface area contributed by atoms with Gasteiger partial charge in [0.15, 0.2) is 0 Å². The average molecular weight is 154 g/mol. The molecule has 1 unspecified atom stereocenters. The van der Waals surface area contributed by atoms with Gasteiger partial charge in [-0.25, -0.2) is 0 Å². The van der Waals surface area contributed by atoms with Crippen LogP contribution in [0.5, 0.6) is 0 Å². The molecular weight excluding hydrogens is 142 g/mol. The number of hydrogen-bond donors (Lipinski definition) is 1. The van der Waals surface area contributed by atoms with E-state index in [9.17, 15) is 0 Å². The molecule has 0 amide bonds. The topological polar surface area (TPSA) is 12.0 Å². The molecule has 1 aliphatic rings. The fourth-order valence-corrected chi connectivity index (χ4v) is 1.60. The van der Waals surface area contributed by atoms with Gasteiger partial charge in [-0.1, -0.05) is 0 Å². The number of nitrogens with one attached hydrogen (secondary N) is 1. The van der Waals surface area contributed by atoms with Gasteiger partial charge in [-0.3, -0.25) is 0 Å². The third-order valence-electron chi connectivity index (χ3n) is 1.12. The Hall–Kier alpha value is 0.600. The van der Waals surface area contributed by atoms with Crippen molar-refractivity contribution in [3.8, 4) is 0 Å². The fourth-order valence-electron chi connectivity index (χ4n) is 0.697. The Morgan fingerprint density at radius 3 is 2.62 bits per heavy atom. The molecule has 50 valence electrons. The first-order valence-corrected chi connectivity index (χ1v) is 3.79. The average Bonchev–Trinajstić information content (AvgIpc) is 1.69. The van der Waals surface area contributed by atoms with E-state index in [0.29, 0.717) is 5.37 Å². The molecule has 8 heavy (non-hydrogen) atoms. The van der Waals surface area contributed by atoms with Gasteiger partial charge in [0.1, 0.15) is 0 Å². The lowest BCUT2D eigenvalue weighted by atomic mass is 10.5. The van der Waals surface area contributed by atoms with Crippen LogP contribution in [0.2, 0.25) is 0 Å². The Kier molecular flexibility index (Phi) is 4.81. The molecular formula is C5H12ClNS. The first-order valence-electron chi connectivity index (χ1n) is 2.74. The van der Waals surface area contributed by atoms with Gasteiger partial charge in [0.25, 0.3) is 0 Å². The van der Waals surface area contributed by atoms with E-state index in [2.05, 4.69) is 12.2 Å². The van der Waals surface area contributed by atoms with Gasteiger partial charge in [-0.05, 0) is 25.6 Å². The van der Waals surface area contributed by atoms with Crippen LogP contribution >= 0.6 is 24.2 Å². The molecule has 3 heteroatoms. The Bertz CT molecular complexity index is 54.4. The molecule has 0 aromatic rings. The van der Waals surface area contributed by atoms with Gasteiger partial charge in [0.2, 0.25) is 0 Å². The normalized spacial score (nSPS) is 28.9. The minimum Gasteiger partial charge on any atom is -0.306 e. The second-order valence-electron chi connectivity index (χ2n) is 1.82. The molecule has 1 saturated heterocycles. The van der Waals surface area contributed by atoms with Gasteiger partial charge in [-0.15, -0.1) is 24.2 Å². The van der Waals surface area contributed by atoms with Crippen molar-refractivity contribution in [2.75, 3.05) is 12.3 Å². The van der Waals surface area contributed by atoms with Crippen LogP contribution in [0.4, 0.5) is 0 Å². The lowest BCUT2D eigenvalue weighted by Crippen LogP contribution is -2.28. The van der Waals surface area contributed by atoms with E-state index in [0.717, 1.165) is 0 Å². The van der Waals surface area contributed by atoms with Gasteiger partial charge < -0.3 is 5.32 Å². The highest BCUT2D eigenvalue weighted by Crippen LogP contribution is 2.12. The number of thioether (sulfide) groups is 1. The molecule has 0 spiro atoms. The molecule has 0 aromatic carbocycles. The maximum Gasteiger partial charge on any atom is 0.0503 e. The van der Waals surface area contributed by atoms with Gasteiger partial charge in [0, 0.05) is 0 Å². The van der Waals surface area contributed by atoms with Crippen molar-refractivity contribution in [3.63, 3.8) is 0 Å². The summed E-state index contributed by atoms with van der Waals surface area (Å²) in [7, 11) is 0. The van der Waals surface area contributed by atoms with Crippen molar-refractivity contribution in [1.82, 2.24) is 5.32 Å². The summed E-state index contributed by atoms with van der Waals surface area (Å²) in [5.41, 5.74) is 0. The van der Waals surface area contributed by atoms with Crippen LogP contribution in [0, 0.1) is 0 Å². The SMILES string of the molecule is CC1NCCCS1.Cl. The highest BCUT2D eigenvalue weighted by atomic mass is 35.5. The first-order chi connectivity index (χ1) is 3.39. The number of rotatable bonds is 0. The minimum atomic E-state index is 0. The first kappa shape index (κ1) is 8.60. The van der Waals surface area contributed by atoms with E-state index in [4.69, 9.17) is 0 Å². The van der Waals surface area contributed by atoms with E-state index in [1.807, 2.05) is 11.8 Å². The molecule has 0 saturated carbocycles. The van der Waals surface area contributed by atoms with Crippen molar-refractivity contribution in [3.05, 3.63) is 0 Å².